The van der Waals surface area contributed by atoms with E-state index in [9.17, 15) is 14.7 Å². The van der Waals surface area contributed by atoms with Gasteiger partial charge in [-0.05, 0) is 68.6 Å². The number of amides is 2. The summed E-state index contributed by atoms with van der Waals surface area (Å²) in [6.45, 7) is 12.9. The minimum absolute atomic E-state index is 0.00829. The molecule has 0 aliphatic rings. The summed E-state index contributed by atoms with van der Waals surface area (Å²) in [5, 5.41) is 13.9. The van der Waals surface area contributed by atoms with E-state index in [2.05, 4.69) is 19.2 Å². The van der Waals surface area contributed by atoms with Gasteiger partial charge in [0.05, 0.1) is 25.2 Å². The molecule has 224 valence electrons. The molecule has 0 aliphatic carbocycles. The number of aliphatic hydroxyl groups excluding tert-OH is 1. The zero-order valence-electron chi connectivity index (χ0n) is 25.3. The van der Waals surface area contributed by atoms with Crippen LogP contribution in [0.5, 0.6) is 11.5 Å². The van der Waals surface area contributed by atoms with Crippen LogP contribution in [-0.4, -0.2) is 63.0 Å². The average Bonchev–Trinajstić information content (AvgIpc) is 2.87. The van der Waals surface area contributed by atoms with Gasteiger partial charge in [-0.15, -0.1) is 0 Å². The summed E-state index contributed by atoms with van der Waals surface area (Å²) >= 11 is 0. The first-order valence-corrected chi connectivity index (χ1v) is 14.0. The third-order valence-corrected chi connectivity index (χ3v) is 7.50. The number of rotatable bonds is 19. The first-order chi connectivity index (χ1) is 18.2. The van der Waals surface area contributed by atoms with Crippen LogP contribution in [0.4, 0.5) is 0 Å². The number of methoxy groups -OCH3 is 2. The van der Waals surface area contributed by atoms with Crippen molar-refractivity contribution in [1.82, 2.24) is 5.32 Å². The summed E-state index contributed by atoms with van der Waals surface area (Å²) in [5.41, 5.74) is 12.2. The quantitative estimate of drug-likeness (QED) is 0.193. The lowest BCUT2D eigenvalue weighted by atomic mass is 9.80. The monoisotopic (exact) mass is 551 g/mol. The van der Waals surface area contributed by atoms with Crippen molar-refractivity contribution in [2.45, 2.75) is 79.4 Å². The van der Waals surface area contributed by atoms with Crippen molar-refractivity contribution in [3.05, 3.63) is 23.8 Å². The molecule has 9 nitrogen and oxygen atoms in total. The summed E-state index contributed by atoms with van der Waals surface area (Å²) in [6.07, 6.45) is 1.56. The molecule has 1 rings (SSSR count). The number of aliphatic hydroxyl groups is 1. The standard InChI is InChI=1S/C30H53N3O6/c1-19(2)22(14-21-10-11-26(38-8)27(15-21)39-13-9-12-37-7)16-24(31)25(34)17-23(20(3)4)28(35)33-18-30(5,6)29(32)36/h10-11,15,19-20,22-25,34H,9,12-14,16-18,31H2,1-8H3,(H2,32,36)(H,33,35)/t22-,23+,24+,25+/m1/s1. The number of carbonyl (C=O) groups is 2. The van der Waals surface area contributed by atoms with E-state index in [1.807, 2.05) is 32.0 Å². The van der Waals surface area contributed by atoms with Crippen LogP contribution in [0.25, 0.3) is 0 Å². The SMILES string of the molecule is COCCCOc1cc(C[C@H](C[C@H](N)[C@@H](O)C[C@H](C(=O)NCC(C)(C)C(N)=O)C(C)C)C(C)C)ccc1OC. The van der Waals surface area contributed by atoms with Crippen LogP contribution in [0, 0.1) is 29.1 Å². The molecule has 0 saturated heterocycles. The van der Waals surface area contributed by atoms with E-state index in [0.717, 1.165) is 18.4 Å². The van der Waals surface area contributed by atoms with Gasteiger partial charge in [0, 0.05) is 38.6 Å². The number of benzene rings is 1. The van der Waals surface area contributed by atoms with E-state index in [1.165, 1.54) is 0 Å². The Hall–Kier alpha value is -2.36. The first kappa shape index (κ1) is 34.7. The molecule has 0 saturated carbocycles. The summed E-state index contributed by atoms with van der Waals surface area (Å²) in [4.78, 5) is 24.5. The van der Waals surface area contributed by atoms with Crippen molar-refractivity contribution in [3.8, 4) is 11.5 Å². The summed E-state index contributed by atoms with van der Waals surface area (Å²) in [7, 11) is 3.29. The van der Waals surface area contributed by atoms with Gasteiger partial charge in [-0.2, -0.15) is 0 Å². The topological polar surface area (TPSA) is 146 Å². The molecule has 0 radical (unpaired) electrons. The maximum atomic E-state index is 12.9. The normalized spacial score (nSPS) is 15.1. The molecule has 2 amide bonds. The smallest absolute Gasteiger partial charge is 0.224 e. The molecule has 39 heavy (non-hydrogen) atoms. The number of hydrogen-bond acceptors (Lipinski definition) is 7. The van der Waals surface area contributed by atoms with Crippen LogP contribution in [0.15, 0.2) is 18.2 Å². The Morgan fingerprint density at radius 1 is 1.03 bits per heavy atom. The van der Waals surface area contributed by atoms with Crippen LogP contribution in [-0.2, 0) is 20.7 Å². The fourth-order valence-corrected chi connectivity index (χ4v) is 4.39. The Balaban J connectivity index is 2.87. The summed E-state index contributed by atoms with van der Waals surface area (Å²) in [6, 6.07) is 5.47. The highest BCUT2D eigenvalue weighted by molar-refractivity contribution is 5.83. The van der Waals surface area contributed by atoms with Gasteiger partial charge in [-0.25, -0.2) is 0 Å². The van der Waals surface area contributed by atoms with Gasteiger partial charge in [0.25, 0.3) is 0 Å². The molecule has 0 fully saturated rings. The van der Waals surface area contributed by atoms with Crippen LogP contribution >= 0.6 is 0 Å². The lowest BCUT2D eigenvalue weighted by Gasteiger charge is -2.30. The molecule has 0 unspecified atom stereocenters. The largest absolute Gasteiger partial charge is 0.493 e. The van der Waals surface area contributed by atoms with Crippen molar-refractivity contribution in [2.75, 3.05) is 34.0 Å². The molecule has 0 aliphatic heterocycles. The molecule has 0 heterocycles. The molecule has 0 aromatic heterocycles. The third-order valence-electron chi connectivity index (χ3n) is 7.50. The number of hydrogen-bond donors (Lipinski definition) is 4. The molecule has 1 aromatic carbocycles. The van der Waals surface area contributed by atoms with Crippen LogP contribution < -0.4 is 26.3 Å². The Labute approximate surface area is 235 Å². The van der Waals surface area contributed by atoms with Crippen molar-refractivity contribution >= 4 is 11.8 Å². The number of nitrogens with two attached hydrogens (primary N) is 2. The molecular formula is C30H53N3O6. The number of carbonyl (C=O) groups excluding carboxylic acids is 2. The van der Waals surface area contributed by atoms with E-state index in [4.69, 9.17) is 25.7 Å². The third kappa shape index (κ3) is 11.7. The van der Waals surface area contributed by atoms with Gasteiger partial charge in [0.1, 0.15) is 0 Å². The van der Waals surface area contributed by atoms with E-state index < -0.39 is 29.4 Å². The highest BCUT2D eigenvalue weighted by atomic mass is 16.5. The molecule has 6 N–H and O–H groups in total. The number of primary amides is 1. The van der Waals surface area contributed by atoms with Crippen molar-refractivity contribution < 1.29 is 28.9 Å². The Morgan fingerprint density at radius 2 is 1.69 bits per heavy atom. The molecule has 1 aromatic rings. The van der Waals surface area contributed by atoms with Crippen molar-refractivity contribution in [3.63, 3.8) is 0 Å². The zero-order chi connectivity index (χ0) is 29.8. The van der Waals surface area contributed by atoms with Gasteiger partial charge < -0.3 is 36.1 Å². The van der Waals surface area contributed by atoms with Crippen molar-refractivity contribution in [1.29, 1.82) is 0 Å². The number of nitrogens with one attached hydrogen (secondary N) is 1. The molecule has 9 heteroatoms. The zero-order valence-corrected chi connectivity index (χ0v) is 25.3. The summed E-state index contributed by atoms with van der Waals surface area (Å²) < 4.78 is 16.5. The predicted molar refractivity (Wildman–Crippen MR) is 155 cm³/mol. The molecule has 0 bridgehead atoms. The van der Waals surface area contributed by atoms with Crippen LogP contribution in [0.3, 0.4) is 0 Å². The maximum Gasteiger partial charge on any atom is 0.224 e. The maximum absolute atomic E-state index is 12.9. The van der Waals surface area contributed by atoms with E-state index >= 15 is 0 Å². The van der Waals surface area contributed by atoms with Gasteiger partial charge in [-0.3, -0.25) is 9.59 Å². The first-order valence-electron chi connectivity index (χ1n) is 14.0. The lowest BCUT2D eigenvalue weighted by Crippen LogP contribution is -2.46. The second kappa shape index (κ2) is 16.7. The fourth-order valence-electron chi connectivity index (χ4n) is 4.39. The van der Waals surface area contributed by atoms with Gasteiger partial charge >= 0.3 is 0 Å². The van der Waals surface area contributed by atoms with Crippen molar-refractivity contribution in [2.24, 2.45) is 40.6 Å². The predicted octanol–water partition coefficient (Wildman–Crippen LogP) is 3.29. The Kier molecular flexibility index (Phi) is 14.8. The Morgan fingerprint density at radius 3 is 2.23 bits per heavy atom. The highest BCUT2D eigenvalue weighted by Crippen LogP contribution is 2.32. The van der Waals surface area contributed by atoms with Gasteiger partial charge in [-0.1, -0.05) is 33.8 Å². The molecule has 0 spiro atoms. The second-order valence-electron chi connectivity index (χ2n) is 11.9. The van der Waals surface area contributed by atoms with E-state index in [1.54, 1.807) is 28.1 Å². The van der Waals surface area contributed by atoms with E-state index in [-0.39, 0.29) is 30.7 Å². The molecular weight excluding hydrogens is 498 g/mol. The molecule has 4 atom stereocenters. The second-order valence-corrected chi connectivity index (χ2v) is 11.9. The van der Waals surface area contributed by atoms with Crippen LogP contribution in [0.1, 0.15) is 66.4 Å². The number of ether oxygens (including phenoxy) is 3. The minimum Gasteiger partial charge on any atom is -0.493 e. The summed E-state index contributed by atoms with van der Waals surface area (Å²) in [5.74, 6) is 0.792. The van der Waals surface area contributed by atoms with E-state index in [0.29, 0.717) is 37.1 Å². The minimum atomic E-state index is -0.854. The average molecular weight is 552 g/mol. The van der Waals surface area contributed by atoms with Gasteiger partial charge in [0.2, 0.25) is 11.8 Å². The van der Waals surface area contributed by atoms with Gasteiger partial charge in [0.15, 0.2) is 11.5 Å². The Bertz CT molecular complexity index is 889. The highest BCUT2D eigenvalue weighted by Gasteiger charge is 2.32. The van der Waals surface area contributed by atoms with Crippen LogP contribution in [0.2, 0.25) is 0 Å². The lowest BCUT2D eigenvalue weighted by molar-refractivity contribution is -0.130. The fraction of sp³-hybridized carbons (Fsp3) is 0.733.